The molecule has 4 rings (SSSR count). The second-order valence-electron chi connectivity index (χ2n) is 6.40. The number of para-hydroxylation sites is 1. The van der Waals surface area contributed by atoms with E-state index in [0.717, 1.165) is 30.7 Å². The Hall–Kier alpha value is -2.58. The summed E-state index contributed by atoms with van der Waals surface area (Å²) in [5.41, 5.74) is 0.707. The third-order valence-electron chi connectivity index (χ3n) is 4.82. The molecule has 0 spiro atoms. The smallest absolute Gasteiger partial charge is 0.261 e. The number of fused-ring (bicyclic) bond motifs is 1. The zero-order chi connectivity index (χ0) is 17.9. The lowest BCUT2D eigenvalue weighted by Crippen LogP contribution is -2.33. The van der Waals surface area contributed by atoms with Crippen LogP contribution in [0.25, 0.3) is 10.9 Å². The van der Waals surface area contributed by atoms with Crippen molar-refractivity contribution in [2.24, 2.45) is 0 Å². The molecule has 1 aromatic carbocycles. The topological polar surface area (TPSA) is 86.3 Å². The minimum Gasteiger partial charge on any atom is -0.383 e. The van der Waals surface area contributed by atoms with Crippen molar-refractivity contribution in [1.29, 1.82) is 0 Å². The van der Waals surface area contributed by atoms with Crippen LogP contribution in [0, 0.1) is 0 Å². The van der Waals surface area contributed by atoms with Crippen molar-refractivity contribution in [3.05, 3.63) is 52.7 Å². The zero-order valence-corrected chi connectivity index (χ0v) is 14.7. The SMILES string of the molecule is COCCn1c(C2CCCN2Cc2ncno2)nc2ccccc2c1=O. The summed E-state index contributed by atoms with van der Waals surface area (Å²) < 4.78 is 12.1. The van der Waals surface area contributed by atoms with Gasteiger partial charge in [-0.15, -0.1) is 0 Å². The minimum absolute atomic E-state index is 0.0210. The van der Waals surface area contributed by atoms with Crippen molar-refractivity contribution in [2.45, 2.75) is 32.0 Å². The fourth-order valence-corrected chi connectivity index (χ4v) is 3.59. The van der Waals surface area contributed by atoms with Gasteiger partial charge >= 0.3 is 0 Å². The summed E-state index contributed by atoms with van der Waals surface area (Å²) in [6.07, 6.45) is 3.38. The van der Waals surface area contributed by atoms with E-state index in [2.05, 4.69) is 15.0 Å². The Labute approximate surface area is 150 Å². The Morgan fingerprint density at radius 1 is 1.35 bits per heavy atom. The number of hydrogen-bond acceptors (Lipinski definition) is 7. The van der Waals surface area contributed by atoms with Gasteiger partial charge in [0.05, 0.1) is 36.6 Å². The van der Waals surface area contributed by atoms with Gasteiger partial charge in [0, 0.05) is 7.11 Å². The van der Waals surface area contributed by atoms with Gasteiger partial charge in [-0.2, -0.15) is 4.98 Å². The molecule has 26 heavy (non-hydrogen) atoms. The van der Waals surface area contributed by atoms with Gasteiger partial charge < -0.3 is 9.26 Å². The minimum atomic E-state index is -0.0210. The molecule has 8 heteroatoms. The third kappa shape index (κ3) is 3.13. The lowest BCUT2D eigenvalue weighted by Gasteiger charge is -2.25. The molecule has 3 aromatic rings. The van der Waals surface area contributed by atoms with E-state index in [1.165, 1.54) is 6.33 Å². The average molecular weight is 355 g/mol. The van der Waals surface area contributed by atoms with E-state index in [0.29, 0.717) is 31.0 Å². The van der Waals surface area contributed by atoms with Crippen LogP contribution < -0.4 is 5.56 Å². The van der Waals surface area contributed by atoms with Crippen molar-refractivity contribution in [1.82, 2.24) is 24.6 Å². The van der Waals surface area contributed by atoms with Crippen molar-refractivity contribution in [3.63, 3.8) is 0 Å². The summed E-state index contributed by atoms with van der Waals surface area (Å²) in [6.45, 7) is 2.40. The molecule has 1 fully saturated rings. The number of benzene rings is 1. The molecule has 1 atom stereocenters. The number of rotatable bonds is 6. The van der Waals surface area contributed by atoms with Crippen LogP contribution >= 0.6 is 0 Å². The van der Waals surface area contributed by atoms with Crippen LogP contribution in [0.1, 0.15) is 30.6 Å². The Morgan fingerprint density at radius 3 is 3.04 bits per heavy atom. The maximum absolute atomic E-state index is 13.0. The van der Waals surface area contributed by atoms with Gasteiger partial charge in [-0.25, -0.2) is 4.98 Å². The highest BCUT2D eigenvalue weighted by Gasteiger charge is 2.31. The molecule has 1 aliphatic rings. The largest absolute Gasteiger partial charge is 0.383 e. The highest BCUT2D eigenvalue weighted by Crippen LogP contribution is 2.32. The second kappa shape index (κ2) is 7.35. The van der Waals surface area contributed by atoms with Crippen LogP contribution in [-0.2, 0) is 17.8 Å². The molecule has 3 heterocycles. The normalized spacial score (nSPS) is 18.0. The lowest BCUT2D eigenvalue weighted by atomic mass is 10.1. The van der Waals surface area contributed by atoms with E-state index in [9.17, 15) is 4.79 Å². The van der Waals surface area contributed by atoms with Crippen molar-refractivity contribution < 1.29 is 9.26 Å². The second-order valence-corrected chi connectivity index (χ2v) is 6.40. The Balaban J connectivity index is 1.77. The first-order valence-corrected chi connectivity index (χ1v) is 8.76. The van der Waals surface area contributed by atoms with Gasteiger partial charge in [0.25, 0.3) is 5.56 Å². The van der Waals surface area contributed by atoms with Gasteiger partial charge in [0.2, 0.25) is 5.89 Å². The van der Waals surface area contributed by atoms with Gasteiger partial charge in [0.1, 0.15) is 5.82 Å². The maximum Gasteiger partial charge on any atom is 0.261 e. The van der Waals surface area contributed by atoms with E-state index in [4.69, 9.17) is 14.2 Å². The van der Waals surface area contributed by atoms with Gasteiger partial charge in [-0.1, -0.05) is 17.3 Å². The van der Waals surface area contributed by atoms with Crippen LogP contribution in [0.2, 0.25) is 0 Å². The molecule has 0 aliphatic carbocycles. The van der Waals surface area contributed by atoms with Crippen molar-refractivity contribution >= 4 is 10.9 Å². The quantitative estimate of drug-likeness (QED) is 0.666. The molecule has 136 valence electrons. The lowest BCUT2D eigenvalue weighted by molar-refractivity contribution is 0.174. The van der Waals surface area contributed by atoms with Crippen molar-refractivity contribution in [3.8, 4) is 0 Å². The summed E-state index contributed by atoms with van der Waals surface area (Å²) in [7, 11) is 1.64. The first-order chi connectivity index (χ1) is 12.8. The van der Waals surface area contributed by atoms with E-state index < -0.39 is 0 Å². The Kier molecular flexibility index (Phi) is 4.77. The van der Waals surface area contributed by atoms with E-state index in [-0.39, 0.29) is 11.6 Å². The number of ether oxygens (including phenoxy) is 1. The van der Waals surface area contributed by atoms with Crippen LogP contribution in [0.15, 0.2) is 39.9 Å². The maximum atomic E-state index is 13.0. The standard InChI is InChI=1S/C18H21N5O3/c1-25-10-9-23-17(21-14-6-3-2-5-13(14)18(23)24)15-7-4-8-22(15)11-16-19-12-20-26-16/h2-3,5-6,12,15H,4,7-11H2,1H3. The first-order valence-electron chi connectivity index (χ1n) is 8.76. The fraction of sp³-hybridized carbons (Fsp3) is 0.444. The van der Waals surface area contributed by atoms with Gasteiger partial charge in [-0.3, -0.25) is 14.3 Å². The van der Waals surface area contributed by atoms with Crippen LogP contribution in [-0.4, -0.2) is 44.9 Å². The molecular formula is C18H21N5O3. The Morgan fingerprint density at radius 2 is 2.23 bits per heavy atom. The molecule has 0 saturated carbocycles. The summed E-state index contributed by atoms with van der Waals surface area (Å²) in [6, 6.07) is 7.52. The van der Waals surface area contributed by atoms with E-state index in [1.54, 1.807) is 11.7 Å². The predicted octanol–water partition coefficient (Wildman–Crippen LogP) is 1.76. The predicted molar refractivity (Wildman–Crippen MR) is 94.6 cm³/mol. The first kappa shape index (κ1) is 16.9. The summed E-state index contributed by atoms with van der Waals surface area (Å²) in [5.74, 6) is 1.35. The monoisotopic (exact) mass is 355 g/mol. The molecule has 0 amide bonds. The molecule has 8 nitrogen and oxygen atoms in total. The van der Waals surface area contributed by atoms with Crippen molar-refractivity contribution in [2.75, 3.05) is 20.3 Å². The number of nitrogens with zero attached hydrogens (tertiary/aromatic N) is 5. The Bertz CT molecular complexity index is 938. The molecule has 2 aromatic heterocycles. The molecule has 0 N–H and O–H groups in total. The molecule has 1 unspecified atom stereocenters. The van der Waals surface area contributed by atoms with Crippen LogP contribution in [0.4, 0.5) is 0 Å². The van der Waals surface area contributed by atoms with Gasteiger partial charge in [-0.05, 0) is 31.5 Å². The number of aromatic nitrogens is 4. The van der Waals surface area contributed by atoms with Gasteiger partial charge in [0.15, 0.2) is 6.33 Å². The highest BCUT2D eigenvalue weighted by atomic mass is 16.5. The summed E-state index contributed by atoms with van der Waals surface area (Å²) in [5, 5.41) is 4.31. The van der Waals surface area contributed by atoms with E-state index >= 15 is 0 Å². The molecule has 1 saturated heterocycles. The third-order valence-corrected chi connectivity index (χ3v) is 4.82. The molecule has 0 radical (unpaired) electrons. The molecule has 0 bridgehead atoms. The molecular weight excluding hydrogens is 334 g/mol. The average Bonchev–Trinajstić information content (AvgIpc) is 3.33. The number of hydrogen-bond donors (Lipinski definition) is 0. The zero-order valence-electron chi connectivity index (χ0n) is 14.7. The highest BCUT2D eigenvalue weighted by molar-refractivity contribution is 5.77. The van der Waals surface area contributed by atoms with E-state index in [1.807, 2.05) is 24.3 Å². The molecule has 1 aliphatic heterocycles. The summed E-state index contributed by atoms with van der Waals surface area (Å²) >= 11 is 0. The van der Waals surface area contributed by atoms with Crippen LogP contribution in [0.5, 0.6) is 0 Å². The number of methoxy groups -OCH3 is 1. The van der Waals surface area contributed by atoms with Crippen LogP contribution in [0.3, 0.4) is 0 Å². The fourth-order valence-electron chi connectivity index (χ4n) is 3.59. The number of likely N-dealkylation sites (tertiary alicyclic amines) is 1. The summed E-state index contributed by atoms with van der Waals surface area (Å²) in [4.78, 5) is 24.3.